The molecular weight excluding hydrogens is 412 g/mol. The molecule has 0 radical (unpaired) electrons. The number of nitrogens with zero attached hydrogens (tertiary/aromatic N) is 2. The number of hydrogen-bond acceptors (Lipinski definition) is 3. The van der Waals surface area contributed by atoms with Crippen LogP contribution in [-0.4, -0.2) is 21.9 Å². The molecule has 31 heavy (non-hydrogen) atoms. The average molecular weight is 432 g/mol. The van der Waals surface area contributed by atoms with E-state index in [1.54, 1.807) is 12.1 Å². The zero-order valence-electron chi connectivity index (χ0n) is 16.6. The van der Waals surface area contributed by atoms with Gasteiger partial charge in [-0.1, -0.05) is 42.0 Å². The molecule has 0 saturated carbocycles. The Kier molecular flexibility index (Phi) is 5.43. The van der Waals surface area contributed by atoms with Crippen molar-refractivity contribution in [3.8, 4) is 0 Å². The van der Waals surface area contributed by atoms with E-state index in [0.717, 1.165) is 16.4 Å². The quantitative estimate of drug-likeness (QED) is 0.576. The third-order valence-corrected chi connectivity index (χ3v) is 5.33. The summed E-state index contributed by atoms with van der Waals surface area (Å²) in [6, 6.07) is 10.3. The molecule has 5 nitrogen and oxygen atoms in total. The van der Waals surface area contributed by atoms with Crippen molar-refractivity contribution in [2.75, 3.05) is 5.32 Å². The van der Waals surface area contributed by atoms with E-state index in [1.807, 2.05) is 19.1 Å². The number of anilines is 1. The van der Waals surface area contributed by atoms with Gasteiger partial charge in [0.05, 0.1) is 12.2 Å². The van der Waals surface area contributed by atoms with Crippen molar-refractivity contribution in [2.24, 2.45) is 0 Å². The first-order chi connectivity index (χ1) is 14.7. The molecule has 0 bridgehead atoms. The Morgan fingerprint density at radius 2 is 1.84 bits per heavy atom. The molecule has 2 heterocycles. The lowest BCUT2D eigenvalue weighted by molar-refractivity contribution is -0.173. The highest BCUT2D eigenvalue weighted by Gasteiger charge is 2.47. The summed E-state index contributed by atoms with van der Waals surface area (Å²) in [7, 11) is 0. The highest BCUT2D eigenvalue weighted by Crippen LogP contribution is 2.44. The summed E-state index contributed by atoms with van der Waals surface area (Å²) in [5.41, 5.74) is 2.38. The van der Waals surface area contributed by atoms with Crippen LogP contribution in [0, 0.1) is 12.7 Å². The summed E-state index contributed by atoms with van der Waals surface area (Å²) in [5.74, 6) is -0.940. The van der Waals surface area contributed by atoms with Gasteiger partial charge in [-0.25, -0.2) is 9.07 Å². The maximum absolute atomic E-state index is 13.8. The Labute approximate surface area is 176 Å². The van der Waals surface area contributed by atoms with E-state index in [-0.39, 0.29) is 24.3 Å². The Balaban J connectivity index is 1.60. The lowest BCUT2D eigenvalue weighted by Crippen LogP contribution is -2.36. The largest absolute Gasteiger partial charge is 0.410 e. The van der Waals surface area contributed by atoms with Crippen LogP contribution in [0.2, 0.25) is 0 Å². The van der Waals surface area contributed by atoms with Crippen LogP contribution in [0.3, 0.4) is 0 Å². The molecular formula is C22H20F4N4O. The van der Waals surface area contributed by atoms with Gasteiger partial charge in [-0.05, 0) is 30.2 Å². The minimum atomic E-state index is -4.52. The molecule has 0 spiro atoms. The van der Waals surface area contributed by atoms with Crippen molar-refractivity contribution in [2.45, 2.75) is 38.1 Å². The fraction of sp³-hybridized carbons (Fsp3) is 0.273. The highest BCUT2D eigenvalue weighted by molar-refractivity contribution is 5.98. The SMILES string of the molecule is Cc1ccc([C@H]2C[C@@H](C(F)(F)F)n3ncc(C(=O)NCc4ccc(F)cc4)c3N2)cc1. The number of nitrogens with one attached hydrogen (secondary N) is 2. The van der Waals surface area contributed by atoms with Crippen LogP contribution < -0.4 is 10.6 Å². The molecule has 1 aromatic heterocycles. The minimum Gasteiger partial charge on any atom is -0.363 e. The van der Waals surface area contributed by atoms with E-state index in [9.17, 15) is 22.4 Å². The second-order valence-electron chi connectivity index (χ2n) is 7.56. The lowest BCUT2D eigenvalue weighted by Gasteiger charge is -2.34. The van der Waals surface area contributed by atoms with Gasteiger partial charge < -0.3 is 10.6 Å². The summed E-state index contributed by atoms with van der Waals surface area (Å²) in [5, 5.41) is 9.57. The number of aryl methyl sites for hydroxylation is 1. The van der Waals surface area contributed by atoms with Crippen molar-refractivity contribution < 1.29 is 22.4 Å². The molecule has 3 aromatic rings. The third kappa shape index (κ3) is 4.40. The number of hydrogen-bond donors (Lipinski definition) is 2. The first-order valence-electron chi connectivity index (χ1n) is 9.72. The topological polar surface area (TPSA) is 59.0 Å². The fourth-order valence-electron chi connectivity index (χ4n) is 3.63. The van der Waals surface area contributed by atoms with Gasteiger partial charge in [0.25, 0.3) is 5.91 Å². The predicted molar refractivity (Wildman–Crippen MR) is 107 cm³/mol. The Bertz CT molecular complexity index is 1070. The Morgan fingerprint density at radius 1 is 1.16 bits per heavy atom. The minimum absolute atomic E-state index is 0.0215. The van der Waals surface area contributed by atoms with Crippen LogP contribution in [-0.2, 0) is 6.54 Å². The van der Waals surface area contributed by atoms with Gasteiger partial charge in [-0.2, -0.15) is 18.3 Å². The Morgan fingerprint density at radius 3 is 2.48 bits per heavy atom. The molecule has 4 rings (SSSR count). The molecule has 9 heteroatoms. The standard InChI is InChI=1S/C22H20F4N4O/c1-13-2-6-15(7-3-13)18-10-19(22(24,25)26)30-20(29-18)17(12-28-30)21(31)27-11-14-4-8-16(23)9-5-14/h2-9,12,18-19,29H,10-11H2,1H3,(H,27,31)/t18-,19+/m1/s1. The van der Waals surface area contributed by atoms with Crippen molar-refractivity contribution in [1.82, 2.24) is 15.1 Å². The third-order valence-electron chi connectivity index (χ3n) is 5.33. The smallest absolute Gasteiger partial charge is 0.363 e. The second-order valence-corrected chi connectivity index (χ2v) is 7.56. The number of amides is 1. The molecule has 162 valence electrons. The summed E-state index contributed by atoms with van der Waals surface area (Å²) in [6.45, 7) is 2.00. The summed E-state index contributed by atoms with van der Waals surface area (Å²) in [6.07, 6.45) is -3.62. The van der Waals surface area contributed by atoms with Gasteiger partial charge in [-0.15, -0.1) is 0 Å². The second kappa shape index (κ2) is 8.05. The van der Waals surface area contributed by atoms with Gasteiger partial charge in [0, 0.05) is 13.0 Å². The van der Waals surface area contributed by atoms with Gasteiger partial charge in [-0.3, -0.25) is 4.79 Å². The van der Waals surface area contributed by atoms with Gasteiger partial charge in [0.15, 0.2) is 6.04 Å². The molecule has 0 unspecified atom stereocenters. The molecule has 0 saturated heterocycles. The lowest BCUT2D eigenvalue weighted by atomic mass is 9.96. The summed E-state index contributed by atoms with van der Waals surface area (Å²) < 4.78 is 55.2. The number of halogens is 4. The molecule has 1 aliphatic heterocycles. The first-order valence-corrected chi connectivity index (χ1v) is 9.72. The van der Waals surface area contributed by atoms with Crippen LogP contribution in [0.1, 0.15) is 45.6 Å². The van der Waals surface area contributed by atoms with Crippen molar-refractivity contribution in [1.29, 1.82) is 0 Å². The number of benzene rings is 2. The molecule has 0 fully saturated rings. The van der Waals surface area contributed by atoms with Crippen molar-refractivity contribution in [3.63, 3.8) is 0 Å². The fourth-order valence-corrected chi connectivity index (χ4v) is 3.63. The van der Waals surface area contributed by atoms with Crippen LogP contribution in [0.4, 0.5) is 23.4 Å². The number of carbonyl (C=O) groups is 1. The zero-order valence-corrected chi connectivity index (χ0v) is 16.6. The molecule has 2 atom stereocenters. The normalized spacial score (nSPS) is 18.2. The number of carbonyl (C=O) groups excluding carboxylic acids is 1. The van der Waals surface area contributed by atoms with E-state index in [0.29, 0.717) is 11.1 Å². The molecule has 1 aliphatic rings. The molecule has 2 aromatic carbocycles. The van der Waals surface area contributed by atoms with E-state index in [2.05, 4.69) is 15.7 Å². The van der Waals surface area contributed by atoms with Gasteiger partial charge in [0.2, 0.25) is 0 Å². The summed E-state index contributed by atoms with van der Waals surface area (Å²) in [4.78, 5) is 12.7. The van der Waals surface area contributed by atoms with Gasteiger partial charge in [0.1, 0.15) is 17.2 Å². The predicted octanol–water partition coefficient (Wildman–Crippen LogP) is 4.92. The van der Waals surface area contributed by atoms with E-state index in [1.165, 1.54) is 24.3 Å². The Hall–Kier alpha value is -3.36. The van der Waals surface area contributed by atoms with Crippen molar-refractivity contribution >= 4 is 11.7 Å². The molecule has 0 aliphatic carbocycles. The van der Waals surface area contributed by atoms with Crippen molar-refractivity contribution in [3.05, 3.63) is 82.8 Å². The van der Waals surface area contributed by atoms with Crippen LogP contribution >= 0.6 is 0 Å². The summed E-state index contributed by atoms with van der Waals surface area (Å²) >= 11 is 0. The highest BCUT2D eigenvalue weighted by atomic mass is 19.4. The zero-order chi connectivity index (χ0) is 22.2. The average Bonchev–Trinajstić information content (AvgIpc) is 3.16. The number of rotatable bonds is 4. The molecule has 1 amide bonds. The van der Waals surface area contributed by atoms with Crippen LogP contribution in [0.15, 0.2) is 54.7 Å². The maximum atomic E-state index is 13.8. The van der Waals surface area contributed by atoms with Crippen LogP contribution in [0.25, 0.3) is 0 Å². The molecule has 2 N–H and O–H groups in total. The first kappa shape index (κ1) is 20.9. The van der Waals surface area contributed by atoms with E-state index < -0.39 is 30.0 Å². The van der Waals surface area contributed by atoms with E-state index in [4.69, 9.17) is 0 Å². The number of fused-ring (bicyclic) bond motifs is 1. The monoisotopic (exact) mass is 432 g/mol. The maximum Gasteiger partial charge on any atom is 0.410 e. The number of aromatic nitrogens is 2. The van der Waals surface area contributed by atoms with Gasteiger partial charge >= 0.3 is 6.18 Å². The van der Waals surface area contributed by atoms with Crippen LogP contribution in [0.5, 0.6) is 0 Å². The number of alkyl halides is 3. The van der Waals surface area contributed by atoms with E-state index >= 15 is 0 Å².